The molecule has 1 aliphatic rings. The van der Waals surface area contributed by atoms with Crippen LogP contribution in [0.3, 0.4) is 0 Å². The number of Topliss-reactive ketones (excluding diaryl/α,β-unsaturated/α-hetero) is 1. The van der Waals surface area contributed by atoms with Crippen LogP contribution in [0.5, 0.6) is 0 Å². The van der Waals surface area contributed by atoms with Gasteiger partial charge in [-0.15, -0.1) is 11.3 Å². The van der Waals surface area contributed by atoms with Gasteiger partial charge in [0.25, 0.3) is 0 Å². The monoisotopic (exact) mass is 239 g/mol. The van der Waals surface area contributed by atoms with Crippen molar-refractivity contribution in [1.29, 1.82) is 0 Å². The highest BCUT2D eigenvalue weighted by Crippen LogP contribution is 2.17. The topological polar surface area (TPSA) is 29.5 Å². The van der Waals surface area contributed by atoms with Crippen molar-refractivity contribution in [2.24, 2.45) is 0 Å². The largest absolute Gasteiger partial charge is 0.379 e. The Balaban J connectivity index is 2.06. The van der Waals surface area contributed by atoms with Gasteiger partial charge in [0.2, 0.25) is 0 Å². The standard InChI is InChI=1S/C12H17NO2S/c1-2-10(13-5-7-15-8-6-13)12(14)11-4-3-9-16-11/h3-4,9-10H,2,5-8H2,1H3. The van der Waals surface area contributed by atoms with Gasteiger partial charge in [-0.1, -0.05) is 13.0 Å². The average molecular weight is 239 g/mol. The van der Waals surface area contributed by atoms with E-state index in [0.29, 0.717) is 0 Å². The minimum Gasteiger partial charge on any atom is -0.379 e. The number of hydrogen-bond donors (Lipinski definition) is 0. The summed E-state index contributed by atoms with van der Waals surface area (Å²) < 4.78 is 5.31. The van der Waals surface area contributed by atoms with E-state index >= 15 is 0 Å². The number of carbonyl (C=O) groups excluding carboxylic acids is 1. The van der Waals surface area contributed by atoms with Crippen LogP contribution in [0.4, 0.5) is 0 Å². The smallest absolute Gasteiger partial charge is 0.189 e. The molecule has 2 rings (SSSR count). The van der Waals surface area contributed by atoms with Crippen LogP contribution in [0.15, 0.2) is 17.5 Å². The molecular formula is C12H17NO2S. The van der Waals surface area contributed by atoms with E-state index in [-0.39, 0.29) is 11.8 Å². The Hall–Kier alpha value is -0.710. The quantitative estimate of drug-likeness (QED) is 0.753. The molecule has 16 heavy (non-hydrogen) atoms. The molecule has 0 spiro atoms. The Morgan fingerprint density at radius 1 is 1.56 bits per heavy atom. The molecule has 1 aliphatic heterocycles. The van der Waals surface area contributed by atoms with E-state index in [0.717, 1.165) is 37.6 Å². The van der Waals surface area contributed by atoms with Gasteiger partial charge in [-0.2, -0.15) is 0 Å². The van der Waals surface area contributed by atoms with E-state index in [1.807, 2.05) is 17.5 Å². The van der Waals surface area contributed by atoms with Gasteiger partial charge in [0, 0.05) is 13.1 Å². The number of thiophene rings is 1. The summed E-state index contributed by atoms with van der Waals surface area (Å²) in [7, 11) is 0. The molecule has 1 unspecified atom stereocenters. The molecule has 0 amide bonds. The Kier molecular flexibility index (Phi) is 4.09. The average Bonchev–Trinajstić information content (AvgIpc) is 2.85. The van der Waals surface area contributed by atoms with Crippen molar-refractivity contribution in [1.82, 2.24) is 4.90 Å². The minimum atomic E-state index is 0.0301. The first-order chi connectivity index (χ1) is 7.83. The molecule has 2 heterocycles. The van der Waals surface area contributed by atoms with Gasteiger partial charge in [0.15, 0.2) is 5.78 Å². The summed E-state index contributed by atoms with van der Waals surface area (Å²) in [6, 6.07) is 3.88. The first-order valence-corrected chi connectivity index (χ1v) is 6.60. The molecule has 0 radical (unpaired) electrons. The van der Waals surface area contributed by atoms with Gasteiger partial charge in [0.05, 0.1) is 24.1 Å². The zero-order chi connectivity index (χ0) is 11.4. The summed E-state index contributed by atoms with van der Waals surface area (Å²) in [5, 5.41) is 1.96. The Bertz CT molecular complexity index is 331. The van der Waals surface area contributed by atoms with E-state index in [2.05, 4.69) is 11.8 Å². The number of hydrogen-bond acceptors (Lipinski definition) is 4. The molecule has 3 nitrogen and oxygen atoms in total. The Morgan fingerprint density at radius 2 is 2.31 bits per heavy atom. The highest BCUT2D eigenvalue weighted by Gasteiger charge is 2.26. The van der Waals surface area contributed by atoms with Gasteiger partial charge in [-0.3, -0.25) is 9.69 Å². The molecule has 0 bridgehead atoms. The van der Waals surface area contributed by atoms with E-state index in [9.17, 15) is 4.79 Å². The first kappa shape index (κ1) is 11.8. The lowest BCUT2D eigenvalue weighted by Gasteiger charge is -2.32. The maximum atomic E-state index is 12.3. The van der Waals surface area contributed by atoms with Crippen LogP contribution in [0.1, 0.15) is 23.0 Å². The molecule has 88 valence electrons. The Labute approximate surface area is 100 Å². The maximum absolute atomic E-state index is 12.3. The van der Waals surface area contributed by atoms with Crippen molar-refractivity contribution >= 4 is 17.1 Å². The number of nitrogens with zero attached hydrogens (tertiary/aromatic N) is 1. The van der Waals surface area contributed by atoms with Crippen LogP contribution < -0.4 is 0 Å². The van der Waals surface area contributed by atoms with E-state index < -0.39 is 0 Å². The predicted octanol–water partition coefficient (Wildman–Crippen LogP) is 2.04. The van der Waals surface area contributed by atoms with E-state index in [4.69, 9.17) is 4.74 Å². The lowest BCUT2D eigenvalue weighted by molar-refractivity contribution is 0.0171. The normalized spacial score (nSPS) is 19.6. The third-order valence-corrected chi connectivity index (χ3v) is 3.82. The van der Waals surface area contributed by atoms with Crippen LogP contribution in [0.25, 0.3) is 0 Å². The maximum Gasteiger partial charge on any atom is 0.189 e. The lowest BCUT2D eigenvalue weighted by Crippen LogP contribution is -2.46. The second kappa shape index (κ2) is 5.57. The second-order valence-electron chi connectivity index (χ2n) is 3.91. The predicted molar refractivity (Wildman–Crippen MR) is 65.1 cm³/mol. The van der Waals surface area contributed by atoms with Crippen LogP contribution in [-0.4, -0.2) is 43.0 Å². The first-order valence-electron chi connectivity index (χ1n) is 5.72. The number of morpholine rings is 1. The van der Waals surface area contributed by atoms with Crippen molar-refractivity contribution in [2.45, 2.75) is 19.4 Å². The molecule has 0 aromatic carbocycles. The van der Waals surface area contributed by atoms with Crippen molar-refractivity contribution in [3.63, 3.8) is 0 Å². The summed E-state index contributed by atoms with van der Waals surface area (Å²) in [5.74, 6) is 0.263. The van der Waals surface area contributed by atoms with Crippen LogP contribution in [0.2, 0.25) is 0 Å². The number of carbonyl (C=O) groups is 1. The molecule has 1 saturated heterocycles. The lowest BCUT2D eigenvalue weighted by atomic mass is 10.1. The van der Waals surface area contributed by atoms with Crippen molar-refractivity contribution in [3.8, 4) is 0 Å². The van der Waals surface area contributed by atoms with E-state index in [1.54, 1.807) is 0 Å². The molecule has 1 fully saturated rings. The van der Waals surface area contributed by atoms with Gasteiger partial charge in [0.1, 0.15) is 0 Å². The molecule has 0 saturated carbocycles. The summed E-state index contributed by atoms with van der Waals surface area (Å²) in [6.07, 6.45) is 0.872. The van der Waals surface area contributed by atoms with Crippen LogP contribution in [-0.2, 0) is 4.74 Å². The van der Waals surface area contributed by atoms with E-state index in [1.165, 1.54) is 11.3 Å². The number of rotatable bonds is 4. The molecule has 0 aliphatic carbocycles. The molecule has 1 atom stereocenters. The zero-order valence-electron chi connectivity index (χ0n) is 9.52. The summed E-state index contributed by atoms with van der Waals surface area (Å²) >= 11 is 1.53. The van der Waals surface area contributed by atoms with Crippen molar-refractivity contribution in [2.75, 3.05) is 26.3 Å². The third-order valence-electron chi connectivity index (χ3n) is 2.94. The third kappa shape index (κ3) is 2.51. The van der Waals surface area contributed by atoms with Gasteiger partial charge >= 0.3 is 0 Å². The van der Waals surface area contributed by atoms with Crippen LogP contribution in [0, 0.1) is 0 Å². The highest BCUT2D eigenvalue weighted by molar-refractivity contribution is 7.12. The molecule has 1 aromatic rings. The summed E-state index contributed by atoms with van der Waals surface area (Å²) in [4.78, 5) is 15.4. The van der Waals surface area contributed by atoms with Gasteiger partial charge < -0.3 is 4.74 Å². The summed E-state index contributed by atoms with van der Waals surface area (Å²) in [5.41, 5.74) is 0. The second-order valence-corrected chi connectivity index (χ2v) is 4.86. The van der Waals surface area contributed by atoms with Crippen molar-refractivity contribution < 1.29 is 9.53 Å². The molecule has 4 heteroatoms. The number of ether oxygens (including phenoxy) is 1. The Morgan fingerprint density at radius 3 is 2.88 bits per heavy atom. The number of ketones is 1. The molecule has 1 aromatic heterocycles. The molecular weight excluding hydrogens is 222 g/mol. The molecule has 0 N–H and O–H groups in total. The van der Waals surface area contributed by atoms with Crippen LogP contribution >= 0.6 is 11.3 Å². The fourth-order valence-corrected chi connectivity index (χ4v) is 2.79. The SMILES string of the molecule is CCC(C(=O)c1cccs1)N1CCOCC1. The van der Waals surface area contributed by atoms with Gasteiger partial charge in [-0.05, 0) is 17.9 Å². The fraction of sp³-hybridized carbons (Fsp3) is 0.583. The van der Waals surface area contributed by atoms with Crippen molar-refractivity contribution in [3.05, 3.63) is 22.4 Å². The van der Waals surface area contributed by atoms with Gasteiger partial charge in [-0.25, -0.2) is 0 Å². The summed E-state index contributed by atoms with van der Waals surface area (Å²) in [6.45, 7) is 5.30. The fourth-order valence-electron chi connectivity index (χ4n) is 2.08. The minimum absolute atomic E-state index is 0.0301. The zero-order valence-corrected chi connectivity index (χ0v) is 10.3. The highest BCUT2D eigenvalue weighted by atomic mass is 32.1.